The van der Waals surface area contributed by atoms with E-state index in [-0.39, 0.29) is 25.2 Å². The maximum atomic E-state index is 12.0. The Labute approximate surface area is 152 Å². The standard InChI is InChI=1S/C20H22N2O4/c1-14-6-8-16(9-7-14)18(23)10-11-19(24)21-22-20(25)13-26-17-5-3-4-15(2)12-17/h3-9,12H,10-11,13H2,1-2H3,(H,21,24)(H,22,25). The minimum absolute atomic E-state index is 0.00821. The van der Waals surface area contributed by atoms with E-state index in [9.17, 15) is 14.4 Å². The van der Waals surface area contributed by atoms with E-state index in [2.05, 4.69) is 10.9 Å². The zero-order valence-electron chi connectivity index (χ0n) is 14.9. The van der Waals surface area contributed by atoms with Gasteiger partial charge in [0.2, 0.25) is 5.91 Å². The Morgan fingerprint density at radius 2 is 1.54 bits per heavy atom. The second-order valence-corrected chi connectivity index (χ2v) is 5.99. The molecule has 0 aliphatic heterocycles. The lowest BCUT2D eigenvalue weighted by Crippen LogP contribution is -2.43. The summed E-state index contributed by atoms with van der Waals surface area (Å²) in [6, 6.07) is 14.5. The van der Waals surface area contributed by atoms with Crippen LogP contribution in [-0.2, 0) is 9.59 Å². The van der Waals surface area contributed by atoms with Crippen LogP contribution in [0.25, 0.3) is 0 Å². The Morgan fingerprint density at radius 3 is 2.23 bits per heavy atom. The number of amides is 2. The van der Waals surface area contributed by atoms with E-state index < -0.39 is 11.8 Å². The lowest BCUT2D eigenvalue weighted by Gasteiger charge is -2.09. The molecule has 26 heavy (non-hydrogen) atoms. The summed E-state index contributed by atoms with van der Waals surface area (Å²) >= 11 is 0. The summed E-state index contributed by atoms with van der Waals surface area (Å²) in [5, 5.41) is 0. The molecule has 0 bridgehead atoms. The van der Waals surface area contributed by atoms with Gasteiger partial charge in [0.25, 0.3) is 5.91 Å². The summed E-state index contributed by atoms with van der Waals surface area (Å²) in [7, 11) is 0. The number of aryl methyl sites for hydroxylation is 2. The van der Waals surface area contributed by atoms with Gasteiger partial charge in [0.1, 0.15) is 5.75 Å². The van der Waals surface area contributed by atoms with Crippen LogP contribution >= 0.6 is 0 Å². The number of nitrogens with one attached hydrogen (secondary N) is 2. The molecule has 2 N–H and O–H groups in total. The molecule has 2 rings (SSSR count). The van der Waals surface area contributed by atoms with Crippen molar-refractivity contribution in [3.05, 3.63) is 65.2 Å². The fourth-order valence-corrected chi connectivity index (χ4v) is 2.20. The molecule has 0 unspecified atom stereocenters. The van der Waals surface area contributed by atoms with Crippen molar-refractivity contribution in [1.82, 2.24) is 10.9 Å². The highest BCUT2D eigenvalue weighted by Gasteiger charge is 2.10. The van der Waals surface area contributed by atoms with Gasteiger partial charge >= 0.3 is 0 Å². The third-order valence-electron chi connectivity index (χ3n) is 3.65. The summed E-state index contributed by atoms with van der Waals surface area (Å²) < 4.78 is 5.33. The van der Waals surface area contributed by atoms with Gasteiger partial charge in [-0.25, -0.2) is 0 Å². The number of carbonyl (C=O) groups excluding carboxylic acids is 3. The van der Waals surface area contributed by atoms with Crippen molar-refractivity contribution in [2.75, 3.05) is 6.61 Å². The van der Waals surface area contributed by atoms with E-state index >= 15 is 0 Å². The summed E-state index contributed by atoms with van der Waals surface area (Å²) in [6.07, 6.45) is 0.0658. The molecule has 2 aromatic rings. The maximum Gasteiger partial charge on any atom is 0.276 e. The van der Waals surface area contributed by atoms with Crippen LogP contribution in [0.15, 0.2) is 48.5 Å². The van der Waals surface area contributed by atoms with Crippen LogP contribution in [0.5, 0.6) is 5.75 Å². The first-order valence-electron chi connectivity index (χ1n) is 8.31. The summed E-state index contributed by atoms with van der Waals surface area (Å²) in [4.78, 5) is 35.4. The van der Waals surface area contributed by atoms with E-state index in [1.54, 1.807) is 18.2 Å². The third-order valence-corrected chi connectivity index (χ3v) is 3.65. The van der Waals surface area contributed by atoms with Crippen molar-refractivity contribution in [2.24, 2.45) is 0 Å². The largest absolute Gasteiger partial charge is 0.484 e. The molecule has 0 spiro atoms. The van der Waals surface area contributed by atoms with Gasteiger partial charge in [0, 0.05) is 18.4 Å². The van der Waals surface area contributed by atoms with Crippen LogP contribution in [0.3, 0.4) is 0 Å². The van der Waals surface area contributed by atoms with Crippen LogP contribution in [0, 0.1) is 13.8 Å². The van der Waals surface area contributed by atoms with Crippen molar-refractivity contribution in [2.45, 2.75) is 26.7 Å². The summed E-state index contributed by atoms with van der Waals surface area (Å²) in [6.45, 7) is 3.64. The summed E-state index contributed by atoms with van der Waals surface area (Å²) in [5.74, 6) is -0.455. The van der Waals surface area contributed by atoms with Gasteiger partial charge in [-0.05, 0) is 31.5 Å². The lowest BCUT2D eigenvalue weighted by atomic mass is 10.1. The van der Waals surface area contributed by atoms with Crippen molar-refractivity contribution in [3.63, 3.8) is 0 Å². The zero-order chi connectivity index (χ0) is 18.9. The minimum Gasteiger partial charge on any atom is -0.484 e. The van der Waals surface area contributed by atoms with Crippen LogP contribution in [0.2, 0.25) is 0 Å². The first-order valence-corrected chi connectivity index (χ1v) is 8.31. The number of Topliss-reactive ketones (excluding diaryl/α,β-unsaturated/α-hetero) is 1. The van der Waals surface area contributed by atoms with Crippen molar-refractivity contribution < 1.29 is 19.1 Å². The third kappa shape index (κ3) is 6.39. The van der Waals surface area contributed by atoms with Crippen LogP contribution in [0.1, 0.15) is 34.3 Å². The predicted molar refractivity (Wildman–Crippen MR) is 97.7 cm³/mol. The van der Waals surface area contributed by atoms with Gasteiger partial charge in [-0.3, -0.25) is 25.2 Å². The van der Waals surface area contributed by atoms with Gasteiger partial charge < -0.3 is 4.74 Å². The Hall–Kier alpha value is -3.15. The summed E-state index contributed by atoms with van der Waals surface area (Å²) in [5.41, 5.74) is 7.19. The molecular weight excluding hydrogens is 332 g/mol. The van der Waals surface area contributed by atoms with Crippen LogP contribution < -0.4 is 15.6 Å². The number of hydrazine groups is 1. The highest BCUT2D eigenvalue weighted by Crippen LogP contribution is 2.11. The van der Waals surface area contributed by atoms with Crippen molar-refractivity contribution >= 4 is 17.6 Å². The molecule has 0 aliphatic carbocycles. The average Bonchev–Trinajstić information content (AvgIpc) is 2.63. The number of ketones is 1. The molecule has 0 fully saturated rings. The van der Waals surface area contributed by atoms with E-state index in [0.717, 1.165) is 11.1 Å². The molecule has 136 valence electrons. The first-order chi connectivity index (χ1) is 12.4. The fourth-order valence-electron chi connectivity index (χ4n) is 2.20. The van der Waals surface area contributed by atoms with E-state index in [1.165, 1.54) is 0 Å². The number of carbonyl (C=O) groups is 3. The molecule has 6 heteroatoms. The van der Waals surface area contributed by atoms with E-state index in [1.807, 2.05) is 44.2 Å². The maximum absolute atomic E-state index is 12.0. The number of hydrogen-bond donors (Lipinski definition) is 2. The van der Waals surface area contributed by atoms with Gasteiger partial charge in [-0.1, -0.05) is 42.0 Å². The Kier molecular flexibility index (Phi) is 6.91. The molecule has 0 saturated carbocycles. The van der Waals surface area contributed by atoms with E-state index in [4.69, 9.17) is 4.74 Å². The van der Waals surface area contributed by atoms with Crippen molar-refractivity contribution in [3.8, 4) is 5.75 Å². The monoisotopic (exact) mass is 354 g/mol. The second kappa shape index (κ2) is 9.36. The average molecular weight is 354 g/mol. The predicted octanol–water partition coefficient (Wildman–Crippen LogP) is 2.49. The zero-order valence-corrected chi connectivity index (χ0v) is 14.9. The minimum atomic E-state index is -0.482. The fraction of sp³-hybridized carbons (Fsp3) is 0.250. The Balaban J connectivity index is 1.67. The van der Waals surface area contributed by atoms with E-state index in [0.29, 0.717) is 11.3 Å². The normalized spacial score (nSPS) is 10.1. The number of benzene rings is 2. The lowest BCUT2D eigenvalue weighted by molar-refractivity contribution is -0.130. The quantitative estimate of drug-likeness (QED) is 0.591. The molecule has 0 heterocycles. The molecule has 2 aromatic carbocycles. The van der Waals surface area contributed by atoms with Crippen molar-refractivity contribution in [1.29, 1.82) is 0 Å². The number of hydrogen-bond acceptors (Lipinski definition) is 4. The van der Waals surface area contributed by atoms with Gasteiger partial charge in [0.15, 0.2) is 12.4 Å². The molecule has 0 radical (unpaired) electrons. The highest BCUT2D eigenvalue weighted by molar-refractivity contribution is 5.98. The molecule has 0 saturated heterocycles. The smallest absolute Gasteiger partial charge is 0.276 e. The molecular formula is C20H22N2O4. The van der Waals surface area contributed by atoms with Gasteiger partial charge in [-0.15, -0.1) is 0 Å². The molecule has 0 aromatic heterocycles. The molecule has 2 amide bonds. The first kappa shape index (κ1) is 19.2. The SMILES string of the molecule is Cc1ccc(C(=O)CCC(=O)NNC(=O)COc2cccc(C)c2)cc1. The Bertz CT molecular complexity index is 785. The topological polar surface area (TPSA) is 84.5 Å². The van der Waals surface area contributed by atoms with Gasteiger partial charge in [-0.2, -0.15) is 0 Å². The number of ether oxygens (including phenoxy) is 1. The molecule has 0 aliphatic rings. The number of rotatable bonds is 7. The Morgan fingerprint density at radius 1 is 0.846 bits per heavy atom. The molecule has 6 nitrogen and oxygen atoms in total. The highest BCUT2D eigenvalue weighted by atomic mass is 16.5. The van der Waals surface area contributed by atoms with Crippen LogP contribution in [0.4, 0.5) is 0 Å². The van der Waals surface area contributed by atoms with Gasteiger partial charge in [0.05, 0.1) is 0 Å². The van der Waals surface area contributed by atoms with Crippen LogP contribution in [-0.4, -0.2) is 24.2 Å². The molecule has 0 atom stereocenters. The second-order valence-electron chi connectivity index (χ2n) is 5.99.